The van der Waals surface area contributed by atoms with Crippen molar-refractivity contribution in [2.24, 2.45) is 0 Å². The third kappa shape index (κ3) is 3.85. The van der Waals surface area contributed by atoms with Crippen LogP contribution in [0.4, 0.5) is 0 Å². The van der Waals surface area contributed by atoms with Gasteiger partial charge in [0.1, 0.15) is 5.75 Å². The van der Waals surface area contributed by atoms with E-state index in [0.717, 1.165) is 36.3 Å². The van der Waals surface area contributed by atoms with Crippen LogP contribution >= 0.6 is 27.5 Å². The summed E-state index contributed by atoms with van der Waals surface area (Å²) in [5, 5.41) is 3.35. The van der Waals surface area contributed by atoms with E-state index in [1.54, 1.807) is 0 Å². The molecular weight excluding hydrogens is 318 g/mol. The van der Waals surface area contributed by atoms with Gasteiger partial charge in [0.05, 0.1) is 19.8 Å². The Bertz CT molecular complexity index is 401. The van der Waals surface area contributed by atoms with Crippen molar-refractivity contribution in [3.05, 3.63) is 27.7 Å². The first-order valence-electron chi connectivity index (χ1n) is 6.10. The molecule has 3 nitrogen and oxygen atoms in total. The van der Waals surface area contributed by atoms with Crippen molar-refractivity contribution in [2.45, 2.75) is 13.0 Å². The summed E-state index contributed by atoms with van der Waals surface area (Å²) in [5.74, 6) is 1.60. The van der Waals surface area contributed by atoms with Gasteiger partial charge >= 0.3 is 0 Å². The Morgan fingerprint density at radius 2 is 2.28 bits per heavy atom. The van der Waals surface area contributed by atoms with E-state index < -0.39 is 0 Å². The summed E-state index contributed by atoms with van der Waals surface area (Å²) in [5.41, 5.74) is 2.49. The van der Waals surface area contributed by atoms with Crippen molar-refractivity contribution in [3.63, 3.8) is 0 Å². The van der Waals surface area contributed by atoms with Gasteiger partial charge in [-0.1, -0.05) is 15.9 Å². The molecule has 1 aromatic carbocycles. The Balaban J connectivity index is 1.82. The number of nitrogens with one attached hydrogen (secondary N) is 1. The number of ether oxygens (including phenoxy) is 2. The molecule has 1 aromatic rings. The fraction of sp³-hybridized carbons (Fsp3) is 0.538. The van der Waals surface area contributed by atoms with E-state index >= 15 is 0 Å². The molecule has 0 fully saturated rings. The third-order valence-electron chi connectivity index (χ3n) is 2.79. The average Bonchev–Trinajstić information content (AvgIpc) is 2.81. The maximum Gasteiger partial charge on any atom is 0.127 e. The highest BCUT2D eigenvalue weighted by Crippen LogP contribution is 2.32. The van der Waals surface area contributed by atoms with Crippen LogP contribution < -0.4 is 10.1 Å². The molecule has 0 aliphatic carbocycles. The van der Waals surface area contributed by atoms with Crippen molar-refractivity contribution in [3.8, 4) is 5.75 Å². The van der Waals surface area contributed by atoms with E-state index in [-0.39, 0.29) is 0 Å². The second kappa shape index (κ2) is 7.34. The first-order valence-corrected chi connectivity index (χ1v) is 7.42. The Hall–Kier alpha value is -0.290. The molecule has 2 rings (SSSR count). The summed E-state index contributed by atoms with van der Waals surface area (Å²) in [4.78, 5) is 0. The van der Waals surface area contributed by atoms with Gasteiger partial charge in [-0.3, -0.25) is 0 Å². The average molecular weight is 335 g/mol. The highest BCUT2D eigenvalue weighted by Gasteiger charge is 2.16. The molecule has 100 valence electrons. The Morgan fingerprint density at radius 3 is 3.11 bits per heavy atom. The van der Waals surface area contributed by atoms with Gasteiger partial charge < -0.3 is 14.8 Å². The van der Waals surface area contributed by atoms with Crippen LogP contribution in [0.25, 0.3) is 0 Å². The Morgan fingerprint density at radius 1 is 1.39 bits per heavy atom. The lowest BCUT2D eigenvalue weighted by Crippen LogP contribution is -2.20. The quantitative estimate of drug-likeness (QED) is 0.614. The van der Waals surface area contributed by atoms with Gasteiger partial charge in [0.25, 0.3) is 0 Å². The molecule has 0 saturated heterocycles. The molecule has 0 aromatic heterocycles. The van der Waals surface area contributed by atoms with E-state index in [1.807, 2.05) is 0 Å². The second-order valence-electron chi connectivity index (χ2n) is 4.13. The number of benzene rings is 1. The molecule has 1 aliphatic rings. The summed E-state index contributed by atoms with van der Waals surface area (Å²) in [7, 11) is 0. The van der Waals surface area contributed by atoms with Crippen LogP contribution in [-0.4, -0.2) is 32.2 Å². The predicted molar refractivity (Wildman–Crippen MR) is 76.6 cm³/mol. The zero-order valence-corrected chi connectivity index (χ0v) is 12.5. The molecule has 0 unspecified atom stereocenters. The number of fused-ring (bicyclic) bond motifs is 1. The zero-order chi connectivity index (χ0) is 12.8. The molecule has 0 spiro atoms. The van der Waals surface area contributed by atoms with Crippen LogP contribution in [-0.2, 0) is 17.7 Å². The van der Waals surface area contributed by atoms with Gasteiger partial charge in [0.2, 0.25) is 0 Å². The molecule has 0 radical (unpaired) electrons. The summed E-state index contributed by atoms with van der Waals surface area (Å²) >= 11 is 9.06. The molecule has 0 amide bonds. The summed E-state index contributed by atoms with van der Waals surface area (Å²) in [6.45, 7) is 3.70. The van der Waals surface area contributed by atoms with Crippen LogP contribution in [0.3, 0.4) is 0 Å². The van der Waals surface area contributed by atoms with Crippen molar-refractivity contribution < 1.29 is 9.47 Å². The van der Waals surface area contributed by atoms with Gasteiger partial charge in [0, 0.05) is 35.4 Å². The minimum atomic E-state index is 0.549. The first-order chi connectivity index (χ1) is 8.81. The first kappa shape index (κ1) is 14.1. The van der Waals surface area contributed by atoms with E-state index in [9.17, 15) is 0 Å². The van der Waals surface area contributed by atoms with Crippen molar-refractivity contribution in [1.29, 1.82) is 0 Å². The highest BCUT2D eigenvalue weighted by atomic mass is 79.9. The molecule has 18 heavy (non-hydrogen) atoms. The van der Waals surface area contributed by atoms with Crippen molar-refractivity contribution >= 4 is 27.5 Å². The number of hydrogen-bond acceptors (Lipinski definition) is 3. The number of alkyl halides is 1. The van der Waals surface area contributed by atoms with Crippen LogP contribution in [0.2, 0.25) is 0 Å². The van der Waals surface area contributed by atoms with Gasteiger partial charge in [-0.05, 0) is 17.7 Å². The van der Waals surface area contributed by atoms with Crippen LogP contribution in [0.15, 0.2) is 16.6 Å². The number of halogens is 2. The minimum absolute atomic E-state index is 0.549. The van der Waals surface area contributed by atoms with Crippen LogP contribution in [0.1, 0.15) is 11.1 Å². The normalized spacial score (nSPS) is 13.4. The summed E-state index contributed by atoms with van der Waals surface area (Å²) < 4.78 is 12.1. The minimum Gasteiger partial charge on any atom is -0.493 e. The highest BCUT2D eigenvalue weighted by molar-refractivity contribution is 9.10. The van der Waals surface area contributed by atoms with Gasteiger partial charge in [-0.25, -0.2) is 0 Å². The molecule has 1 aliphatic heterocycles. The van der Waals surface area contributed by atoms with Gasteiger partial charge in [-0.15, -0.1) is 11.6 Å². The lowest BCUT2D eigenvalue weighted by molar-refractivity contribution is 0.150. The standard InChI is InChI=1S/C13H17BrClNO2/c14-12-7-10-1-4-18-13(10)11(8-12)9-16-3-6-17-5-2-15/h7-8,16H,1-6,9H2. The molecule has 0 bridgehead atoms. The fourth-order valence-electron chi connectivity index (χ4n) is 2.00. The maximum atomic E-state index is 5.67. The van der Waals surface area contributed by atoms with Crippen molar-refractivity contribution in [1.82, 2.24) is 5.32 Å². The van der Waals surface area contributed by atoms with Crippen LogP contribution in [0, 0.1) is 0 Å². The SMILES string of the molecule is ClCCOCCNCc1cc(Br)cc2c1OCC2. The second-order valence-corrected chi connectivity index (χ2v) is 5.42. The summed E-state index contributed by atoms with van der Waals surface area (Å²) in [6, 6.07) is 4.24. The molecule has 0 saturated carbocycles. The van der Waals surface area contributed by atoms with E-state index in [2.05, 4.69) is 33.4 Å². The smallest absolute Gasteiger partial charge is 0.127 e. The summed E-state index contributed by atoms with van der Waals surface area (Å²) in [6.07, 6.45) is 1.00. The zero-order valence-electron chi connectivity index (χ0n) is 10.2. The molecule has 0 atom stereocenters. The molecule has 1 heterocycles. The Labute approximate surface area is 121 Å². The topological polar surface area (TPSA) is 30.5 Å². The van der Waals surface area contributed by atoms with Crippen molar-refractivity contribution in [2.75, 3.05) is 32.2 Å². The Kier molecular flexibility index (Phi) is 5.76. The molecular formula is C13H17BrClNO2. The number of rotatable bonds is 7. The van der Waals surface area contributed by atoms with E-state index in [4.69, 9.17) is 21.1 Å². The third-order valence-corrected chi connectivity index (χ3v) is 3.40. The van der Waals surface area contributed by atoms with E-state index in [1.165, 1.54) is 11.1 Å². The van der Waals surface area contributed by atoms with E-state index in [0.29, 0.717) is 19.1 Å². The molecule has 5 heteroatoms. The number of hydrogen-bond donors (Lipinski definition) is 1. The van der Waals surface area contributed by atoms with Crippen LogP contribution in [0.5, 0.6) is 5.75 Å². The maximum absolute atomic E-state index is 5.67. The lowest BCUT2D eigenvalue weighted by Gasteiger charge is -2.10. The lowest BCUT2D eigenvalue weighted by atomic mass is 10.1. The largest absolute Gasteiger partial charge is 0.493 e. The van der Waals surface area contributed by atoms with Gasteiger partial charge in [-0.2, -0.15) is 0 Å². The fourth-order valence-corrected chi connectivity index (χ4v) is 2.66. The van der Waals surface area contributed by atoms with Gasteiger partial charge in [0.15, 0.2) is 0 Å². The monoisotopic (exact) mass is 333 g/mol. The predicted octanol–water partition coefficient (Wildman–Crippen LogP) is 2.73. The molecule has 1 N–H and O–H groups in total.